The van der Waals surface area contributed by atoms with E-state index in [4.69, 9.17) is 4.74 Å². The normalized spacial score (nSPS) is 18.2. The number of ether oxygens (including phenoxy) is 1. The van der Waals surface area contributed by atoms with Crippen LogP contribution >= 0.6 is 0 Å². The van der Waals surface area contributed by atoms with Gasteiger partial charge in [-0.25, -0.2) is 18.0 Å². The predicted octanol–water partition coefficient (Wildman–Crippen LogP) is 3.69. The number of Topliss-reactive ketones (excluding diaryl/α,β-unsaturated/α-hetero) is 1. The molecule has 2 rings (SSSR count). The summed E-state index contributed by atoms with van der Waals surface area (Å²) >= 11 is 0. The molecule has 0 spiro atoms. The molecule has 0 saturated carbocycles. The Morgan fingerprint density at radius 2 is 1.74 bits per heavy atom. The Hall–Kier alpha value is -2.05. The van der Waals surface area contributed by atoms with E-state index in [1.807, 2.05) is 0 Å². The van der Waals surface area contributed by atoms with Gasteiger partial charge in [-0.05, 0) is 45.7 Å². The van der Waals surface area contributed by atoms with Crippen molar-refractivity contribution in [2.75, 3.05) is 6.54 Å². The highest BCUT2D eigenvalue weighted by Crippen LogP contribution is 2.25. The highest BCUT2D eigenvalue weighted by molar-refractivity contribution is 6.01. The number of nitrogens with zero attached hydrogens (tertiary/aromatic N) is 1. The van der Waals surface area contributed by atoms with Crippen LogP contribution < -0.4 is 0 Å². The van der Waals surface area contributed by atoms with E-state index >= 15 is 0 Å². The fourth-order valence-corrected chi connectivity index (χ4v) is 2.47. The van der Waals surface area contributed by atoms with E-state index in [1.54, 1.807) is 20.8 Å². The monoisotopic (exact) mass is 329 g/mol. The van der Waals surface area contributed by atoms with Crippen molar-refractivity contribution in [3.8, 4) is 0 Å². The number of halogens is 3. The van der Waals surface area contributed by atoms with Crippen LogP contribution in [-0.4, -0.2) is 35.0 Å². The third-order valence-corrected chi connectivity index (χ3v) is 3.45. The van der Waals surface area contributed by atoms with E-state index in [-0.39, 0.29) is 5.56 Å². The van der Waals surface area contributed by atoms with E-state index in [0.29, 0.717) is 31.5 Å². The van der Waals surface area contributed by atoms with Gasteiger partial charge in [0, 0.05) is 12.1 Å². The van der Waals surface area contributed by atoms with E-state index in [0.717, 1.165) is 0 Å². The maximum absolute atomic E-state index is 13.3. The number of benzene rings is 1. The summed E-state index contributed by atoms with van der Waals surface area (Å²) in [7, 11) is 0. The second-order valence-electron chi connectivity index (χ2n) is 6.45. The zero-order chi connectivity index (χ0) is 17.4. The summed E-state index contributed by atoms with van der Waals surface area (Å²) < 4.78 is 44.8. The largest absolute Gasteiger partial charge is 0.444 e. The Balaban J connectivity index is 2.23. The second kappa shape index (κ2) is 6.22. The van der Waals surface area contributed by atoms with Crippen molar-refractivity contribution in [3.63, 3.8) is 0 Å². The van der Waals surface area contributed by atoms with Crippen LogP contribution in [0.1, 0.15) is 44.0 Å². The van der Waals surface area contributed by atoms with Crippen LogP contribution in [0.5, 0.6) is 0 Å². The topological polar surface area (TPSA) is 46.6 Å². The lowest BCUT2D eigenvalue weighted by molar-refractivity contribution is 0.0222. The Kier molecular flexibility index (Phi) is 4.68. The van der Waals surface area contributed by atoms with Gasteiger partial charge < -0.3 is 4.74 Å². The standard InChI is InChI=1S/C16H18F3NO3/c1-16(2,3)23-15(22)20-6-4-5-12(20)14(21)9-7-10(17)13(19)11(18)8-9/h7-8,12H,4-6H2,1-3H3/t12-/m1/s1. The minimum Gasteiger partial charge on any atom is -0.444 e. The van der Waals surface area contributed by atoms with Crippen LogP contribution in [0.3, 0.4) is 0 Å². The minimum absolute atomic E-state index is 0.304. The highest BCUT2D eigenvalue weighted by atomic mass is 19.2. The molecule has 0 aromatic heterocycles. The molecule has 0 radical (unpaired) electrons. The number of amides is 1. The average molecular weight is 329 g/mol. The molecule has 1 saturated heterocycles. The molecule has 0 N–H and O–H groups in total. The van der Waals surface area contributed by atoms with Gasteiger partial charge in [0.1, 0.15) is 5.60 Å². The van der Waals surface area contributed by atoms with Crippen LogP contribution in [0, 0.1) is 17.5 Å². The molecule has 1 atom stereocenters. The lowest BCUT2D eigenvalue weighted by atomic mass is 10.0. The van der Waals surface area contributed by atoms with Gasteiger partial charge in [-0.1, -0.05) is 0 Å². The van der Waals surface area contributed by atoms with Crippen LogP contribution in [0.15, 0.2) is 12.1 Å². The first-order chi connectivity index (χ1) is 10.6. The predicted molar refractivity (Wildman–Crippen MR) is 76.6 cm³/mol. The summed E-state index contributed by atoms with van der Waals surface area (Å²) in [5.41, 5.74) is -1.02. The van der Waals surface area contributed by atoms with E-state index in [1.165, 1.54) is 4.90 Å². The number of hydrogen-bond acceptors (Lipinski definition) is 3. The highest BCUT2D eigenvalue weighted by Gasteiger charge is 2.37. The Morgan fingerprint density at radius 3 is 2.26 bits per heavy atom. The fraction of sp³-hybridized carbons (Fsp3) is 0.500. The van der Waals surface area contributed by atoms with Crippen molar-refractivity contribution in [2.24, 2.45) is 0 Å². The van der Waals surface area contributed by atoms with Crippen molar-refractivity contribution in [1.82, 2.24) is 4.90 Å². The maximum atomic E-state index is 13.3. The van der Waals surface area contributed by atoms with Crippen molar-refractivity contribution in [1.29, 1.82) is 0 Å². The summed E-state index contributed by atoms with van der Waals surface area (Å²) in [6, 6.07) is 0.424. The number of ketones is 1. The molecule has 1 aromatic rings. The first-order valence-electron chi connectivity index (χ1n) is 7.28. The summed E-state index contributed by atoms with van der Waals surface area (Å²) in [6.45, 7) is 5.41. The maximum Gasteiger partial charge on any atom is 0.410 e. The third-order valence-electron chi connectivity index (χ3n) is 3.45. The Morgan fingerprint density at radius 1 is 1.17 bits per heavy atom. The molecule has 1 aliphatic rings. The number of carbonyl (C=O) groups excluding carboxylic acids is 2. The van der Waals surface area contributed by atoms with Crippen LogP contribution in [0.2, 0.25) is 0 Å². The molecule has 1 heterocycles. The van der Waals surface area contributed by atoms with Gasteiger partial charge in [0.2, 0.25) is 0 Å². The van der Waals surface area contributed by atoms with Crippen LogP contribution in [-0.2, 0) is 4.74 Å². The molecule has 1 aromatic carbocycles. The van der Waals surface area contributed by atoms with E-state index < -0.39 is 41.0 Å². The first-order valence-corrected chi connectivity index (χ1v) is 7.28. The lowest BCUT2D eigenvalue weighted by Crippen LogP contribution is -2.43. The summed E-state index contributed by atoms with van der Waals surface area (Å²) in [5.74, 6) is -5.13. The molecule has 0 aliphatic carbocycles. The smallest absolute Gasteiger partial charge is 0.410 e. The van der Waals surface area contributed by atoms with Gasteiger partial charge in [0.15, 0.2) is 23.2 Å². The Labute approximate surface area is 132 Å². The molecule has 7 heteroatoms. The summed E-state index contributed by atoms with van der Waals surface area (Å²) in [4.78, 5) is 25.8. The molecule has 0 bridgehead atoms. The minimum atomic E-state index is -1.63. The van der Waals surface area contributed by atoms with E-state index in [9.17, 15) is 22.8 Å². The van der Waals surface area contributed by atoms with Gasteiger partial charge in [-0.15, -0.1) is 0 Å². The molecular weight excluding hydrogens is 311 g/mol. The number of carbonyl (C=O) groups is 2. The van der Waals surface area contributed by atoms with Gasteiger partial charge in [0.05, 0.1) is 6.04 Å². The molecule has 1 aliphatic heterocycles. The second-order valence-corrected chi connectivity index (χ2v) is 6.45. The third kappa shape index (κ3) is 3.83. The molecular formula is C16H18F3NO3. The molecule has 23 heavy (non-hydrogen) atoms. The van der Waals surface area contributed by atoms with Crippen molar-refractivity contribution in [3.05, 3.63) is 35.1 Å². The van der Waals surface area contributed by atoms with Gasteiger partial charge >= 0.3 is 6.09 Å². The molecule has 126 valence electrons. The molecule has 0 unspecified atom stereocenters. The van der Waals surface area contributed by atoms with Crippen molar-refractivity contribution >= 4 is 11.9 Å². The quantitative estimate of drug-likeness (QED) is 0.614. The summed E-state index contributed by atoms with van der Waals surface area (Å²) in [5, 5.41) is 0. The molecule has 1 fully saturated rings. The first kappa shape index (κ1) is 17.3. The van der Waals surface area contributed by atoms with Crippen LogP contribution in [0.25, 0.3) is 0 Å². The van der Waals surface area contributed by atoms with Crippen LogP contribution in [0.4, 0.5) is 18.0 Å². The SMILES string of the molecule is CC(C)(C)OC(=O)N1CCC[C@@H]1C(=O)c1cc(F)c(F)c(F)c1. The van der Waals surface area contributed by atoms with Crippen molar-refractivity contribution < 1.29 is 27.5 Å². The number of likely N-dealkylation sites (tertiary alicyclic amines) is 1. The van der Waals surface area contributed by atoms with Gasteiger partial charge in [-0.3, -0.25) is 9.69 Å². The zero-order valence-electron chi connectivity index (χ0n) is 13.2. The fourth-order valence-electron chi connectivity index (χ4n) is 2.47. The summed E-state index contributed by atoms with van der Waals surface area (Å²) in [6.07, 6.45) is 0.275. The Bertz CT molecular complexity index is 617. The lowest BCUT2D eigenvalue weighted by Gasteiger charge is -2.28. The molecule has 1 amide bonds. The number of rotatable bonds is 2. The van der Waals surface area contributed by atoms with Crippen molar-refractivity contribution in [2.45, 2.75) is 45.3 Å². The molecule has 4 nitrogen and oxygen atoms in total. The van der Waals surface area contributed by atoms with Gasteiger partial charge in [0.25, 0.3) is 0 Å². The average Bonchev–Trinajstić information content (AvgIpc) is 2.91. The van der Waals surface area contributed by atoms with E-state index in [2.05, 4.69) is 0 Å². The number of hydrogen-bond donors (Lipinski definition) is 0. The van der Waals surface area contributed by atoms with Gasteiger partial charge in [-0.2, -0.15) is 0 Å². The zero-order valence-corrected chi connectivity index (χ0v) is 13.2.